The van der Waals surface area contributed by atoms with Gasteiger partial charge in [-0.05, 0) is 20.8 Å². The number of anilines is 1. The molecule has 106 valence electrons. The molecular weight excluding hydrogens is 256 g/mol. The average Bonchev–Trinajstić information content (AvgIpc) is 2.68. The SMILES string of the molecule is Cc1nc(N)ncc1C(=O)NC(C)c1cn(C)nc1C. The smallest absolute Gasteiger partial charge is 0.255 e. The van der Waals surface area contributed by atoms with Crippen molar-refractivity contribution < 1.29 is 4.79 Å². The van der Waals surface area contributed by atoms with Gasteiger partial charge < -0.3 is 11.1 Å². The van der Waals surface area contributed by atoms with Gasteiger partial charge in [-0.1, -0.05) is 0 Å². The summed E-state index contributed by atoms with van der Waals surface area (Å²) in [6, 6.07) is -0.145. The summed E-state index contributed by atoms with van der Waals surface area (Å²) in [4.78, 5) is 20.1. The van der Waals surface area contributed by atoms with Gasteiger partial charge in [0.05, 0.1) is 23.0 Å². The summed E-state index contributed by atoms with van der Waals surface area (Å²) >= 11 is 0. The molecule has 2 rings (SSSR count). The lowest BCUT2D eigenvalue weighted by Crippen LogP contribution is -2.28. The number of nitrogens with two attached hydrogens (primary N) is 1. The highest BCUT2D eigenvalue weighted by molar-refractivity contribution is 5.95. The molecule has 20 heavy (non-hydrogen) atoms. The van der Waals surface area contributed by atoms with Crippen molar-refractivity contribution in [1.29, 1.82) is 0 Å². The van der Waals surface area contributed by atoms with Crippen LogP contribution in [0.1, 0.15) is 40.3 Å². The zero-order valence-electron chi connectivity index (χ0n) is 12.0. The average molecular weight is 274 g/mol. The number of aryl methyl sites for hydroxylation is 3. The topological polar surface area (TPSA) is 98.7 Å². The molecule has 7 heteroatoms. The maximum atomic E-state index is 12.2. The van der Waals surface area contributed by atoms with Gasteiger partial charge in [0.2, 0.25) is 5.95 Å². The van der Waals surface area contributed by atoms with Gasteiger partial charge in [0.1, 0.15) is 0 Å². The third-order valence-corrected chi connectivity index (χ3v) is 3.11. The van der Waals surface area contributed by atoms with Crippen LogP contribution in [0.3, 0.4) is 0 Å². The molecule has 2 aromatic heterocycles. The fraction of sp³-hybridized carbons (Fsp3) is 0.385. The Kier molecular flexibility index (Phi) is 3.69. The molecule has 0 radical (unpaired) electrons. The molecule has 0 fully saturated rings. The molecule has 0 saturated carbocycles. The molecule has 0 bridgehead atoms. The summed E-state index contributed by atoms with van der Waals surface area (Å²) in [5.74, 6) is -0.0616. The van der Waals surface area contributed by atoms with Crippen molar-refractivity contribution in [1.82, 2.24) is 25.1 Å². The summed E-state index contributed by atoms with van der Waals surface area (Å²) in [6.45, 7) is 5.55. The van der Waals surface area contributed by atoms with E-state index in [-0.39, 0.29) is 17.9 Å². The van der Waals surface area contributed by atoms with E-state index in [1.165, 1.54) is 6.20 Å². The molecule has 2 heterocycles. The fourth-order valence-electron chi connectivity index (χ4n) is 2.10. The first kappa shape index (κ1) is 14.0. The maximum absolute atomic E-state index is 12.2. The molecule has 0 aliphatic carbocycles. The van der Waals surface area contributed by atoms with Crippen LogP contribution >= 0.6 is 0 Å². The predicted octanol–water partition coefficient (Wildman–Crippen LogP) is 0.900. The molecule has 0 spiro atoms. The van der Waals surface area contributed by atoms with E-state index >= 15 is 0 Å². The van der Waals surface area contributed by atoms with E-state index in [0.29, 0.717) is 11.3 Å². The van der Waals surface area contributed by atoms with Crippen molar-refractivity contribution in [2.75, 3.05) is 5.73 Å². The van der Waals surface area contributed by atoms with E-state index in [2.05, 4.69) is 20.4 Å². The molecular formula is C13H18N6O. The largest absolute Gasteiger partial charge is 0.368 e. The highest BCUT2D eigenvalue weighted by Crippen LogP contribution is 2.16. The number of carbonyl (C=O) groups is 1. The second kappa shape index (κ2) is 5.28. The first-order chi connectivity index (χ1) is 9.38. The van der Waals surface area contributed by atoms with E-state index in [1.807, 2.05) is 27.1 Å². The van der Waals surface area contributed by atoms with Crippen LogP contribution in [-0.2, 0) is 7.05 Å². The Balaban J connectivity index is 2.17. The van der Waals surface area contributed by atoms with Gasteiger partial charge in [-0.3, -0.25) is 9.48 Å². The van der Waals surface area contributed by atoms with Crippen molar-refractivity contribution in [2.45, 2.75) is 26.8 Å². The zero-order valence-corrected chi connectivity index (χ0v) is 12.0. The zero-order chi connectivity index (χ0) is 14.9. The summed E-state index contributed by atoms with van der Waals surface area (Å²) < 4.78 is 1.73. The van der Waals surface area contributed by atoms with Crippen LogP contribution in [0.15, 0.2) is 12.4 Å². The summed E-state index contributed by atoms with van der Waals surface area (Å²) in [7, 11) is 1.85. The first-order valence-electron chi connectivity index (χ1n) is 6.28. The van der Waals surface area contributed by atoms with Crippen LogP contribution in [0.4, 0.5) is 5.95 Å². The number of nitrogens with one attached hydrogen (secondary N) is 1. The normalized spacial score (nSPS) is 12.2. The van der Waals surface area contributed by atoms with E-state index in [9.17, 15) is 4.79 Å². The lowest BCUT2D eigenvalue weighted by Gasteiger charge is -2.14. The molecule has 0 saturated heterocycles. The number of carbonyl (C=O) groups excluding carboxylic acids is 1. The number of rotatable bonds is 3. The van der Waals surface area contributed by atoms with Crippen molar-refractivity contribution in [3.8, 4) is 0 Å². The predicted molar refractivity (Wildman–Crippen MR) is 75.0 cm³/mol. The standard InChI is InChI=1S/C13H18N6O/c1-7-10(5-15-13(14)17-7)12(20)16-8(2)11-6-19(4)18-9(11)3/h5-6,8H,1-4H3,(H,16,20)(H2,14,15,17). The minimum atomic E-state index is -0.224. The molecule has 7 nitrogen and oxygen atoms in total. The van der Waals surface area contributed by atoms with Crippen molar-refractivity contribution in [2.24, 2.45) is 7.05 Å². The monoisotopic (exact) mass is 274 g/mol. The quantitative estimate of drug-likeness (QED) is 0.866. The molecule has 3 N–H and O–H groups in total. The van der Waals surface area contributed by atoms with Crippen LogP contribution < -0.4 is 11.1 Å². The minimum absolute atomic E-state index is 0.145. The fourth-order valence-corrected chi connectivity index (χ4v) is 2.10. The van der Waals surface area contributed by atoms with Gasteiger partial charge in [0, 0.05) is 25.0 Å². The Morgan fingerprint density at radius 1 is 1.40 bits per heavy atom. The summed E-state index contributed by atoms with van der Waals surface area (Å²) in [6.07, 6.45) is 3.34. The Morgan fingerprint density at radius 3 is 2.65 bits per heavy atom. The molecule has 0 aliphatic rings. The maximum Gasteiger partial charge on any atom is 0.255 e. The lowest BCUT2D eigenvalue weighted by atomic mass is 10.1. The number of nitrogens with zero attached hydrogens (tertiary/aromatic N) is 4. The Bertz CT molecular complexity index is 648. The number of hydrogen-bond acceptors (Lipinski definition) is 5. The number of nitrogen functional groups attached to an aromatic ring is 1. The van der Waals surface area contributed by atoms with Gasteiger partial charge in [0.25, 0.3) is 5.91 Å². The van der Waals surface area contributed by atoms with Crippen molar-refractivity contribution in [3.63, 3.8) is 0 Å². The van der Waals surface area contributed by atoms with Crippen LogP contribution in [0.2, 0.25) is 0 Å². The van der Waals surface area contributed by atoms with E-state index < -0.39 is 0 Å². The van der Waals surface area contributed by atoms with Crippen LogP contribution in [0.5, 0.6) is 0 Å². The molecule has 2 aromatic rings. The second-order valence-corrected chi connectivity index (χ2v) is 4.77. The first-order valence-corrected chi connectivity index (χ1v) is 6.28. The van der Waals surface area contributed by atoms with Gasteiger partial charge in [0.15, 0.2) is 0 Å². The van der Waals surface area contributed by atoms with Gasteiger partial charge in [-0.2, -0.15) is 5.10 Å². The van der Waals surface area contributed by atoms with Gasteiger partial charge in [-0.25, -0.2) is 9.97 Å². The molecule has 1 unspecified atom stereocenters. The van der Waals surface area contributed by atoms with Gasteiger partial charge in [-0.15, -0.1) is 0 Å². The van der Waals surface area contributed by atoms with E-state index in [1.54, 1.807) is 11.6 Å². The van der Waals surface area contributed by atoms with Crippen LogP contribution in [-0.4, -0.2) is 25.7 Å². The highest BCUT2D eigenvalue weighted by Gasteiger charge is 2.17. The Morgan fingerprint density at radius 2 is 2.10 bits per heavy atom. The summed E-state index contributed by atoms with van der Waals surface area (Å²) in [5, 5.41) is 7.18. The lowest BCUT2D eigenvalue weighted by molar-refractivity contribution is 0.0938. The van der Waals surface area contributed by atoms with Crippen molar-refractivity contribution >= 4 is 11.9 Å². The molecule has 0 aliphatic heterocycles. The minimum Gasteiger partial charge on any atom is -0.368 e. The van der Waals surface area contributed by atoms with E-state index in [4.69, 9.17) is 5.73 Å². The second-order valence-electron chi connectivity index (χ2n) is 4.77. The number of aromatic nitrogens is 4. The van der Waals surface area contributed by atoms with Crippen LogP contribution in [0, 0.1) is 13.8 Å². The highest BCUT2D eigenvalue weighted by atomic mass is 16.1. The van der Waals surface area contributed by atoms with Crippen molar-refractivity contribution in [3.05, 3.63) is 34.9 Å². The van der Waals surface area contributed by atoms with Gasteiger partial charge >= 0.3 is 0 Å². The Hall–Kier alpha value is -2.44. The third-order valence-electron chi connectivity index (χ3n) is 3.11. The third kappa shape index (κ3) is 2.76. The number of hydrogen-bond donors (Lipinski definition) is 2. The summed E-state index contributed by atoms with van der Waals surface area (Å²) in [5.41, 5.74) is 8.34. The number of amides is 1. The molecule has 0 aromatic carbocycles. The molecule has 1 atom stereocenters. The molecule has 1 amide bonds. The Labute approximate surface area is 117 Å². The van der Waals surface area contributed by atoms with Crippen LogP contribution in [0.25, 0.3) is 0 Å². The van der Waals surface area contributed by atoms with E-state index in [0.717, 1.165) is 11.3 Å².